The fraction of sp³-hybridized carbons (Fsp3) is 0.0952. The number of hydrogen-bond acceptors (Lipinski definition) is 3. The van der Waals surface area contributed by atoms with E-state index in [9.17, 15) is 14.0 Å². The monoisotopic (exact) mass is 439 g/mol. The van der Waals surface area contributed by atoms with Crippen LogP contribution < -0.4 is 10.6 Å². The highest BCUT2D eigenvalue weighted by Crippen LogP contribution is 2.34. The zero-order chi connectivity index (χ0) is 19.7. The Bertz CT molecular complexity index is 1110. The van der Waals surface area contributed by atoms with Crippen molar-refractivity contribution in [2.24, 2.45) is 0 Å². The standard InChI is InChI=1S/C21H15BrFN3O2/c22-20-14-2-1-9-24-17(14)7-8-18(20)26-21(28)16-11-25-19(27)10-15(16)12-3-5-13(23)6-4-12/h1-9,11,15H,10H2,(H,25,27)(H,26,28)/t15-/m0/s1. The van der Waals surface area contributed by atoms with Crippen molar-refractivity contribution in [3.63, 3.8) is 0 Å². The van der Waals surface area contributed by atoms with Crippen LogP contribution in [0.3, 0.4) is 0 Å². The zero-order valence-corrected chi connectivity index (χ0v) is 16.2. The van der Waals surface area contributed by atoms with Crippen LogP contribution >= 0.6 is 15.9 Å². The molecule has 3 aromatic rings. The van der Waals surface area contributed by atoms with Gasteiger partial charge in [-0.25, -0.2) is 4.39 Å². The van der Waals surface area contributed by atoms with Gasteiger partial charge < -0.3 is 10.6 Å². The maximum atomic E-state index is 13.3. The second-order valence-electron chi connectivity index (χ2n) is 6.43. The first-order chi connectivity index (χ1) is 13.5. The van der Waals surface area contributed by atoms with Crippen LogP contribution in [-0.2, 0) is 9.59 Å². The first-order valence-corrected chi connectivity index (χ1v) is 9.41. The van der Waals surface area contributed by atoms with Crippen LogP contribution in [0.15, 0.2) is 71.0 Å². The van der Waals surface area contributed by atoms with Crippen LogP contribution in [0.25, 0.3) is 10.9 Å². The van der Waals surface area contributed by atoms with E-state index in [0.717, 1.165) is 15.4 Å². The molecule has 140 valence electrons. The number of carbonyl (C=O) groups excluding carboxylic acids is 2. The average molecular weight is 440 g/mol. The lowest BCUT2D eigenvalue weighted by Crippen LogP contribution is -2.32. The first-order valence-electron chi connectivity index (χ1n) is 8.62. The summed E-state index contributed by atoms with van der Waals surface area (Å²) in [5.74, 6) is -1.34. The van der Waals surface area contributed by atoms with Crippen molar-refractivity contribution in [1.29, 1.82) is 0 Å². The number of nitrogens with zero attached hydrogens (tertiary/aromatic N) is 1. The van der Waals surface area contributed by atoms with Crippen LogP contribution in [-0.4, -0.2) is 16.8 Å². The van der Waals surface area contributed by atoms with Gasteiger partial charge in [0.05, 0.1) is 15.7 Å². The minimum Gasteiger partial charge on any atom is -0.332 e. The third kappa shape index (κ3) is 3.53. The molecule has 4 rings (SSSR count). The lowest BCUT2D eigenvalue weighted by atomic mass is 9.86. The van der Waals surface area contributed by atoms with Crippen LogP contribution in [0.2, 0.25) is 0 Å². The van der Waals surface area contributed by atoms with E-state index in [1.807, 2.05) is 18.2 Å². The number of benzene rings is 2. The molecule has 1 aliphatic rings. The summed E-state index contributed by atoms with van der Waals surface area (Å²) in [5, 5.41) is 6.36. The number of anilines is 1. The molecule has 0 fully saturated rings. The Morgan fingerprint density at radius 3 is 2.75 bits per heavy atom. The quantitative estimate of drug-likeness (QED) is 0.640. The molecule has 0 unspecified atom stereocenters. The minimum absolute atomic E-state index is 0.119. The van der Waals surface area contributed by atoms with E-state index in [0.29, 0.717) is 16.8 Å². The summed E-state index contributed by atoms with van der Waals surface area (Å²) in [5.41, 5.74) is 2.52. The molecule has 2 heterocycles. The number of hydrogen-bond donors (Lipinski definition) is 2. The summed E-state index contributed by atoms with van der Waals surface area (Å²) in [7, 11) is 0. The fourth-order valence-corrected chi connectivity index (χ4v) is 3.80. The molecule has 1 aliphatic heterocycles. The molecule has 2 amide bonds. The average Bonchev–Trinajstić information content (AvgIpc) is 2.71. The third-order valence-corrected chi connectivity index (χ3v) is 5.51. The number of pyridine rings is 1. The van der Waals surface area contributed by atoms with Crippen LogP contribution in [0, 0.1) is 5.82 Å². The molecule has 0 bridgehead atoms. The van der Waals surface area contributed by atoms with Crippen LogP contribution in [0.5, 0.6) is 0 Å². The number of aromatic nitrogens is 1. The molecule has 0 radical (unpaired) electrons. The Hall–Kier alpha value is -3.06. The molecule has 28 heavy (non-hydrogen) atoms. The van der Waals surface area contributed by atoms with Gasteiger partial charge in [-0.3, -0.25) is 14.6 Å². The SMILES string of the molecule is O=C1C[C@@H](c2ccc(F)cc2)C(C(=O)Nc2ccc3ncccc3c2Br)=CN1. The highest BCUT2D eigenvalue weighted by molar-refractivity contribution is 9.10. The van der Waals surface area contributed by atoms with Crippen molar-refractivity contribution < 1.29 is 14.0 Å². The van der Waals surface area contributed by atoms with E-state index in [2.05, 4.69) is 31.5 Å². The molecule has 2 aromatic carbocycles. The summed E-state index contributed by atoms with van der Waals surface area (Å²) in [6.45, 7) is 0. The molecule has 0 aliphatic carbocycles. The summed E-state index contributed by atoms with van der Waals surface area (Å²) < 4.78 is 14.0. The van der Waals surface area contributed by atoms with Gasteiger partial charge in [0.1, 0.15) is 5.82 Å². The number of rotatable bonds is 3. The molecule has 1 aromatic heterocycles. The number of halogens is 2. The number of amides is 2. The van der Waals surface area contributed by atoms with E-state index >= 15 is 0 Å². The Labute approximate surface area is 168 Å². The topological polar surface area (TPSA) is 71.1 Å². The van der Waals surface area contributed by atoms with Gasteiger partial charge in [-0.1, -0.05) is 18.2 Å². The largest absolute Gasteiger partial charge is 0.332 e. The molecule has 0 spiro atoms. The fourth-order valence-electron chi connectivity index (χ4n) is 3.24. The van der Waals surface area contributed by atoms with E-state index in [4.69, 9.17) is 0 Å². The molecule has 5 nitrogen and oxygen atoms in total. The van der Waals surface area contributed by atoms with Crippen molar-refractivity contribution in [3.8, 4) is 0 Å². The van der Waals surface area contributed by atoms with Crippen molar-refractivity contribution >= 4 is 44.3 Å². The Morgan fingerprint density at radius 1 is 1.18 bits per heavy atom. The van der Waals surface area contributed by atoms with E-state index in [1.165, 1.54) is 18.3 Å². The highest BCUT2D eigenvalue weighted by atomic mass is 79.9. The molecule has 0 saturated heterocycles. The summed E-state index contributed by atoms with van der Waals surface area (Å²) >= 11 is 3.53. The Kier molecular flexibility index (Phi) is 4.92. The van der Waals surface area contributed by atoms with Gasteiger partial charge in [0.2, 0.25) is 5.91 Å². The smallest absolute Gasteiger partial charge is 0.253 e. The van der Waals surface area contributed by atoms with Crippen molar-refractivity contribution in [3.05, 3.63) is 82.4 Å². The predicted molar refractivity (Wildman–Crippen MR) is 108 cm³/mol. The van der Waals surface area contributed by atoms with E-state index < -0.39 is 5.92 Å². The van der Waals surface area contributed by atoms with Gasteiger partial charge in [-0.05, 0) is 51.8 Å². The lowest BCUT2D eigenvalue weighted by Gasteiger charge is -2.24. The minimum atomic E-state index is -0.449. The van der Waals surface area contributed by atoms with Crippen molar-refractivity contribution in [1.82, 2.24) is 10.3 Å². The number of fused-ring (bicyclic) bond motifs is 1. The van der Waals surface area contributed by atoms with Crippen molar-refractivity contribution in [2.45, 2.75) is 12.3 Å². The Balaban J connectivity index is 1.65. The maximum Gasteiger partial charge on any atom is 0.253 e. The van der Waals surface area contributed by atoms with E-state index in [1.54, 1.807) is 24.4 Å². The van der Waals surface area contributed by atoms with Gasteiger partial charge in [0.15, 0.2) is 0 Å². The summed E-state index contributed by atoms with van der Waals surface area (Å²) in [4.78, 5) is 29.1. The third-order valence-electron chi connectivity index (χ3n) is 4.66. The lowest BCUT2D eigenvalue weighted by molar-refractivity contribution is -0.121. The van der Waals surface area contributed by atoms with Gasteiger partial charge in [-0.2, -0.15) is 0 Å². The van der Waals surface area contributed by atoms with Gasteiger partial charge >= 0.3 is 0 Å². The van der Waals surface area contributed by atoms with Gasteiger partial charge in [0, 0.05) is 35.7 Å². The number of nitrogens with one attached hydrogen (secondary N) is 2. The van der Waals surface area contributed by atoms with Gasteiger partial charge in [-0.15, -0.1) is 0 Å². The Morgan fingerprint density at radius 2 is 1.96 bits per heavy atom. The molecule has 1 atom stereocenters. The molecular formula is C21H15BrFN3O2. The maximum absolute atomic E-state index is 13.3. The molecule has 0 saturated carbocycles. The number of carbonyl (C=O) groups is 2. The van der Waals surface area contributed by atoms with Crippen LogP contribution in [0.4, 0.5) is 10.1 Å². The van der Waals surface area contributed by atoms with Gasteiger partial charge in [0.25, 0.3) is 5.91 Å². The zero-order valence-electron chi connectivity index (χ0n) is 14.6. The molecular weight excluding hydrogens is 425 g/mol. The van der Waals surface area contributed by atoms with E-state index in [-0.39, 0.29) is 24.1 Å². The highest BCUT2D eigenvalue weighted by Gasteiger charge is 2.29. The second-order valence-corrected chi connectivity index (χ2v) is 7.22. The normalized spacial score (nSPS) is 16.4. The second kappa shape index (κ2) is 7.52. The van der Waals surface area contributed by atoms with Crippen LogP contribution in [0.1, 0.15) is 17.9 Å². The summed E-state index contributed by atoms with van der Waals surface area (Å²) in [6, 6.07) is 13.2. The predicted octanol–water partition coefficient (Wildman–Crippen LogP) is 4.26. The van der Waals surface area contributed by atoms with Crippen molar-refractivity contribution in [2.75, 3.05) is 5.32 Å². The molecule has 7 heteroatoms. The summed E-state index contributed by atoms with van der Waals surface area (Å²) in [6.07, 6.45) is 3.25. The first kappa shape index (κ1) is 18.3. The molecule has 2 N–H and O–H groups in total.